The summed E-state index contributed by atoms with van der Waals surface area (Å²) in [6, 6.07) is 13.5. The Kier molecular flexibility index (Phi) is 5.31. The average molecular weight is 463 g/mol. The van der Waals surface area contributed by atoms with Crippen molar-refractivity contribution >= 4 is 32.6 Å². The van der Waals surface area contributed by atoms with E-state index < -0.39 is 17.8 Å². The number of benzene rings is 3. The van der Waals surface area contributed by atoms with Crippen molar-refractivity contribution in [2.24, 2.45) is 7.05 Å². The fourth-order valence-electron chi connectivity index (χ4n) is 4.85. The third-order valence-corrected chi connectivity index (χ3v) is 6.77. The minimum Gasteiger partial charge on any atom is -0.491 e. The van der Waals surface area contributed by atoms with Gasteiger partial charge in [-0.1, -0.05) is 24.3 Å². The second-order valence-electron chi connectivity index (χ2n) is 9.86. The number of rotatable bonds is 4. The highest BCUT2D eigenvalue weighted by molar-refractivity contribution is 6.04. The van der Waals surface area contributed by atoms with Crippen LogP contribution in [0.3, 0.4) is 0 Å². The number of aryl methyl sites for hydroxylation is 1. The van der Waals surface area contributed by atoms with Crippen molar-refractivity contribution in [3.63, 3.8) is 0 Å². The van der Waals surface area contributed by atoms with Gasteiger partial charge in [-0.15, -0.1) is 0 Å². The molecule has 34 heavy (non-hydrogen) atoms. The van der Waals surface area contributed by atoms with Crippen LogP contribution < -0.4 is 14.9 Å². The van der Waals surface area contributed by atoms with Gasteiger partial charge in [0.25, 0.3) is 0 Å². The Morgan fingerprint density at radius 3 is 2.47 bits per heavy atom. The number of hydrogen-bond donors (Lipinski definition) is 2. The van der Waals surface area contributed by atoms with E-state index in [-0.39, 0.29) is 5.43 Å². The van der Waals surface area contributed by atoms with Gasteiger partial charge in [-0.3, -0.25) is 4.79 Å². The first-order valence-corrected chi connectivity index (χ1v) is 11.4. The summed E-state index contributed by atoms with van der Waals surface area (Å²) in [4.78, 5) is 15.9. The Labute approximate surface area is 197 Å². The first kappa shape index (κ1) is 22.7. The lowest BCUT2D eigenvalue weighted by Crippen LogP contribution is -2.49. The molecule has 0 saturated carbocycles. The summed E-state index contributed by atoms with van der Waals surface area (Å²) in [5.74, 6) is 0.816. The maximum atomic E-state index is 13.9. The highest BCUT2D eigenvalue weighted by atomic mass is 16.5. The van der Waals surface area contributed by atoms with Gasteiger partial charge in [-0.2, -0.15) is 0 Å². The summed E-state index contributed by atoms with van der Waals surface area (Å²) in [5, 5.41) is 24.9. The Hall–Kier alpha value is -3.13. The number of aromatic nitrogens is 1. The van der Waals surface area contributed by atoms with E-state index in [1.165, 1.54) is 0 Å². The minimum absolute atomic E-state index is 0.178. The molecule has 2 atom stereocenters. The van der Waals surface area contributed by atoms with Gasteiger partial charge in [0.05, 0.1) is 22.0 Å². The third-order valence-electron chi connectivity index (χ3n) is 6.77. The van der Waals surface area contributed by atoms with Gasteiger partial charge in [0.2, 0.25) is 5.43 Å². The van der Waals surface area contributed by atoms with Crippen LogP contribution in [0, 0.1) is 0 Å². The summed E-state index contributed by atoms with van der Waals surface area (Å²) < 4.78 is 14.2. The molecule has 0 radical (unpaired) electrons. The topological polar surface area (TPSA) is 84.2 Å². The van der Waals surface area contributed by atoms with E-state index in [2.05, 4.69) is 0 Å². The Bertz CT molecular complexity index is 1490. The van der Waals surface area contributed by atoms with Crippen LogP contribution in [-0.4, -0.2) is 58.6 Å². The molecule has 1 aliphatic heterocycles. The molecule has 1 aromatic heterocycles. The number of fused-ring (bicyclic) bond motifs is 5. The molecule has 7 heteroatoms. The van der Waals surface area contributed by atoms with E-state index in [0.717, 1.165) is 16.3 Å². The monoisotopic (exact) mass is 462 g/mol. The summed E-state index contributed by atoms with van der Waals surface area (Å²) in [7, 11) is 5.77. The number of hydrogen-bond acceptors (Lipinski definition) is 6. The smallest absolute Gasteiger partial charge is 0.201 e. The Morgan fingerprint density at radius 1 is 1.12 bits per heavy atom. The second-order valence-corrected chi connectivity index (χ2v) is 9.86. The number of aliphatic hydroxyl groups excluding tert-OH is 2. The highest BCUT2D eigenvalue weighted by Crippen LogP contribution is 2.46. The van der Waals surface area contributed by atoms with Crippen LogP contribution in [0.25, 0.3) is 32.6 Å². The minimum atomic E-state index is -1.22. The van der Waals surface area contributed by atoms with Crippen LogP contribution in [-0.2, 0) is 7.05 Å². The lowest BCUT2D eigenvalue weighted by atomic mass is 9.86. The molecule has 0 fully saturated rings. The standard InChI is InChI=1S/C27H30N2O5/c1-27(2)26(32)25(31)22-20(34-27)14-19(33-11-10-28(3)4)21-23(22)29(5)18-13-16-9-7-6-8-15(16)12-17(18)24(21)30/h6-9,12-14,25-26,31-32H,10-11H2,1-5H3/t25-,26-/m0/s1. The number of likely N-dealkylation sites (N-methyl/N-ethyl adjacent to an activating group) is 1. The first-order chi connectivity index (χ1) is 16.1. The number of aliphatic hydroxyl groups is 2. The quantitative estimate of drug-likeness (QED) is 0.453. The maximum absolute atomic E-state index is 13.9. The van der Waals surface area contributed by atoms with Crippen molar-refractivity contribution in [3.05, 3.63) is 58.3 Å². The molecule has 0 spiro atoms. The maximum Gasteiger partial charge on any atom is 0.201 e. The summed E-state index contributed by atoms with van der Waals surface area (Å²) in [5.41, 5.74) is 0.453. The molecule has 0 bridgehead atoms. The van der Waals surface area contributed by atoms with E-state index >= 15 is 0 Å². The SMILES string of the molecule is CN(C)CCOc1cc2c(c3c1c(=O)c1cc4ccccc4cc1n3C)[C@H](O)[C@H](O)C(C)(C)O2. The van der Waals surface area contributed by atoms with Crippen LogP contribution in [0.2, 0.25) is 0 Å². The van der Waals surface area contributed by atoms with Crippen LogP contribution in [0.5, 0.6) is 11.5 Å². The van der Waals surface area contributed by atoms with Crippen LogP contribution >= 0.6 is 0 Å². The fourth-order valence-corrected chi connectivity index (χ4v) is 4.85. The zero-order valence-corrected chi connectivity index (χ0v) is 20.1. The number of ether oxygens (including phenoxy) is 2. The summed E-state index contributed by atoms with van der Waals surface area (Å²) in [6.45, 7) is 4.51. The predicted molar refractivity (Wildman–Crippen MR) is 134 cm³/mol. The van der Waals surface area contributed by atoms with Crippen molar-refractivity contribution in [2.45, 2.75) is 31.7 Å². The molecule has 3 aromatic carbocycles. The number of pyridine rings is 1. The second kappa shape index (κ2) is 7.98. The van der Waals surface area contributed by atoms with E-state index in [9.17, 15) is 15.0 Å². The van der Waals surface area contributed by atoms with E-state index in [0.29, 0.717) is 46.5 Å². The summed E-state index contributed by atoms with van der Waals surface area (Å²) >= 11 is 0. The van der Waals surface area contributed by atoms with Gasteiger partial charge in [-0.25, -0.2) is 0 Å². The van der Waals surface area contributed by atoms with Crippen molar-refractivity contribution in [1.82, 2.24) is 9.47 Å². The first-order valence-electron chi connectivity index (χ1n) is 11.4. The van der Waals surface area contributed by atoms with Gasteiger partial charge < -0.3 is 29.2 Å². The van der Waals surface area contributed by atoms with Crippen molar-refractivity contribution < 1.29 is 19.7 Å². The highest BCUT2D eigenvalue weighted by Gasteiger charge is 2.44. The molecule has 5 rings (SSSR count). The van der Waals surface area contributed by atoms with Crippen molar-refractivity contribution in [3.8, 4) is 11.5 Å². The zero-order chi connectivity index (χ0) is 24.4. The van der Waals surface area contributed by atoms with Crippen LogP contribution in [0.15, 0.2) is 47.3 Å². The van der Waals surface area contributed by atoms with Gasteiger partial charge in [0.1, 0.15) is 35.9 Å². The van der Waals surface area contributed by atoms with Crippen molar-refractivity contribution in [2.75, 3.05) is 27.2 Å². The lowest BCUT2D eigenvalue weighted by molar-refractivity contribution is -0.111. The fraction of sp³-hybridized carbons (Fsp3) is 0.370. The van der Waals surface area contributed by atoms with E-state index in [1.807, 2.05) is 67.0 Å². The average Bonchev–Trinajstić information content (AvgIpc) is 2.79. The van der Waals surface area contributed by atoms with Gasteiger partial charge in [-0.05, 0) is 50.8 Å². The normalized spacial score (nSPS) is 19.5. The molecule has 7 nitrogen and oxygen atoms in total. The Balaban J connectivity index is 1.89. The van der Waals surface area contributed by atoms with Crippen LogP contribution in [0.4, 0.5) is 0 Å². The molecule has 0 amide bonds. The van der Waals surface area contributed by atoms with E-state index in [4.69, 9.17) is 9.47 Å². The van der Waals surface area contributed by atoms with Gasteiger partial charge >= 0.3 is 0 Å². The molecule has 2 N–H and O–H groups in total. The molecule has 1 aliphatic rings. The van der Waals surface area contributed by atoms with Gasteiger partial charge in [0.15, 0.2) is 0 Å². The molecule has 178 valence electrons. The molecule has 0 aliphatic carbocycles. The zero-order valence-electron chi connectivity index (χ0n) is 20.1. The molecule has 2 heterocycles. The molecule has 0 unspecified atom stereocenters. The largest absolute Gasteiger partial charge is 0.491 e. The van der Waals surface area contributed by atoms with Crippen molar-refractivity contribution in [1.29, 1.82) is 0 Å². The number of nitrogens with zero attached hydrogens (tertiary/aromatic N) is 2. The molecular weight excluding hydrogens is 432 g/mol. The van der Waals surface area contributed by atoms with E-state index in [1.54, 1.807) is 19.9 Å². The Morgan fingerprint density at radius 2 is 1.79 bits per heavy atom. The molecule has 0 saturated heterocycles. The van der Waals surface area contributed by atoms with Gasteiger partial charge in [0, 0.05) is 25.0 Å². The lowest BCUT2D eigenvalue weighted by Gasteiger charge is -2.40. The summed E-state index contributed by atoms with van der Waals surface area (Å²) in [6.07, 6.45) is -2.38. The predicted octanol–water partition coefficient (Wildman–Crippen LogP) is 3.35. The van der Waals surface area contributed by atoms with Crippen LogP contribution in [0.1, 0.15) is 25.5 Å². The molecular formula is C27H30N2O5. The molecule has 4 aromatic rings. The third kappa shape index (κ3) is 3.43.